The molecule has 3 aromatic rings. The van der Waals surface area contributed by atoms with Gasteiger partial charge in [-0.05, 0) is 73.9 Å². The number of amides is 2. The zero-order chi connectivity index (χ0) is 30.0. The number of carbonyl (C=O) groups is 2. The molecule has 2 amide bonds. The second-order valence-electron chi connectivity index (χ2n) is 9.74. The van der Waals surface area contributed by atoms with Crippen LogP contribution in [-0.4, -0.2) is 51.4 Å². The number of unbranched alkanes of at least 4 members (excludes halogenated alkanes) is 1. The molecule has 0 spiro atoms. The number of rotatable bonds is 14. The number of sulfonamides is 1. The van der Waals surface area contributed by atoms with Gasteiger partial charge in [0.05, 0.1) is 17.7 Å². The molecule has 3 aromatic carbocycles. The first kappa shape index (κ1) is 32.1. The lowest BCUT2D eigenvalue weighted by Gasteiger charge is -2.33. The van der Waals surface area contributed by atoms with Gasteiger partial charge >= 0.3 is 0 Å². The van der Waals surface area contributed by atoms with Crippen LogP contribution in [-0.2, 0) is 26.2 Å². The first-order chi connectivity index (χ1) is 19.6. The van der Waals surface area contributed by atoms with Gasteiger partial charge < -0.3 is 15.0 Å². The maximum Gasteiger partial charge on any atom is 0.264 e. The van der Waals surface area contributed by atoms with Crippen LogP contribution in [0, 0.1) is 6.92 Å². The summed E-state index contributed by atoms with van der Waals surface area (Å²) in [7, 11) is -2.56. The van der Waals surface area contributed by atoms with Gasteiger partial charge in [0, 0.05) is 17.6 Å². The Morgan fingerprint density at radius 2 is 1.68 bits per heavy atom. The van der Waals surface area contributed by atoms with Gasteiger partial charge in [-0.15, -0.1) is 0 Å². The smallest absolute Gasteiger partial charge is 0.264 e. The number of aryl methyl sites for hydroxylation is 1. The molecule has 0 aliphatic rings. The summed E-state index contributed by atoms with van der Waals surface area (Å²) in [6.07, 6.45) is 2.09. The second-order valence-corrected chi connectivity index (χ2v) is 12.5. The van der Waals surface area contributed by atoms with Crippen molar-refractivity contribution in [2.24, 2.45) is 0 Å². The van der Waals surface area contributed by atoms with Gasteiger partial charge in [0.2, 0.25) is 11.8 Å². The zero-order valence-electron chi connectivity index (χ0n) is 24.0. The van der Waals surface area contributed by atoms with Gasteiger partial charge in [-0.3, -0.25) is 13.9 Å². The molecule has 10 heteroatoms. The number of benzene rings is 3. The number of nitrogens with one attached hydrogen (secondary N) is 1. The Hall–Kier alpha value is -3.37. The highest BCUT2D eigenvalue weighted by Gasteiger charge is 2.33. The number of hydrogen-bond acceptors (Lipinski definition) is 5. The Bertz CT molecular complexity index is 1410. The van der Waals surface area contributed by atoms with Crippen LogP contribution < -0.4 is 14.4 Å². The standard InChI is InChI=1S/C31H38BrN3O5S/c1-5-7-19-33-31(37)29(6-2)34(21-24-9-8-10-27(20-24)40-4)30(36)22-35(26-15-13-25(32)14-16-26)41(38,39)28-17-11-23(3)12-18-28/h8-18,20,29H,5-7,19,21-22H2,1-4H3,(H,33,37)/t29-/m1/s1. The first-order valence-electron chi connectivity index (χ1n) is 13.7. The molecular weight excluding hydrogens is 606 g/mol. The van der Waals surface area contributed by atoms with Crippen molar-refractivity contribution >= 4 is 43.5 Å². The lowest BCUT2D eigenvalue weighted by Crippen LogP contribution is -2.52. The summed E-state index contributed by atoms with van der Waals surface area (Å²) in [6.45, 7) is 5.87. The van der Waals surface area contributed by atoms with Crippen molar-refractivity contribution in [3.05, 3.63) is 88.4 Å². The van der Waals surface area contributed by atoms with Gasteiger partial charge in [0.25, 0.3) is 10.0 Å². The summed E-state index contributed by atoms with van der Waals surface area (Å²) in [5, 5.41) is 2.94. The highest BCUT2D eigenvalue weighted by atomic mass is 79.9. The van der Waals surface area contributed by atoms with E-state index in [9.17, 15) is 18.0 Å². The van der Waals surface area contributed by atoms with Gasteiger partial charge in [0.15, 0.2) is 0 Å². The van der Waals surface area contributed by atoms with Crippen molar-refractivity contribution in [3.63, 3.8) is 0 Å². The van der Waals surface area contributed by atoms with Crippen molar-refractivity contribution in [1.82, 2.24) is 10.2 Å². The maximum atomic E-state index is 14.1. The van der Waals surface area contributed by atoms with Crippen molar-refractivity contribution < 1.29 is 22.7 Å². The van der Waals surface area contributed by atoms with Crippen LogP contribution in [0.25, 0.3) is 0 Å². The molecule has 0 aliphatic carbocycles. The minimum Gasteiger partial charge on any atom is -0.497 e. The summed E-state index contributed by atoms with van der Waals surface area (Å²) in [5.41, 5.74) is 2.01. The van der Waals surface area contributed by atoms with Crippen LogP contribution in [0.15, 0.2) is 82.2 Å². The van der Waals surface area contributed by atoms with E-state index in [1.807, 2.05) is 32.9 Å². The van der Waals surface area contributed by atoms with E-state index in [0.717, 1.165) is 32.7 Å². The van der Waals surface area contributed by atoms with E-state index >= 15 is 0 Å². The van der Waals surface area contributed by atoms with Crippen LogP contribution in [0.3, 0.4) is 0 Å². The highest BCUT2D eigenvalue weighted by molar-refractivity contribution is 9.10. The molecule has 0 unspecified atom stereocenters. The Morgan fingerprint density at radius 1 is 1.00 bits per heavy atom. The summed E-state index contributed by atoms with van der Waals surface area (Å²) in [6, 6.07) is 19.7. The SMILES string of the molecule is CCCCNC(=O)[C@@H](CC)N(Cc1cccc(OC)c1)C(=O)CN(c1ccc(Br)cc1)S(=O)(=O)c1ccc(C)cc1. The molecule has 1 N–H and O–H groups in total. The number of anilines is 1. The number of halogens is 1. The predicted molar refractivity (Wildman–Crippen MR) is 165 cm³/mol. The lowest BCUT2D eigenvalue weighted by atomic mass is 10.1. The van der Waals surface area contributed by atoms with Crippen LogP contribution in [0.4, 0.5) is 5.69 Å². The lowest BCUT2D eigenvalue weighted by molar-refractivity contribution is -0.140. The molecule has 0 radical (unpaired) electrons. The summed E-state index contributed by atoms with van der Waals surface area (Å²) in [5.74, 6) is -0.147. The normalized spacial score (nSPS) is 11.9. The van der Waals surface area contributed by atoms with Gasteiger partial charge in [-0.1, -0.05) is 66.0 Å². The molecule has 1 atom stereocenters. The molecule has 0 fully saturated rings. The van der Waals surface area contributed by atoms with Gasteiger partial charge in [-0.2, -0.15) is 0 Å². The first-order valence-corrected chi connectivity index (χ1v) is 15.9. The minimum atomic E-state index is -4.12. The van der Waals surface area contributed by atoms with E-state index in [-0.39, 0.29) is 17.3 Å². The topological polar surface area (TPSA) is 96.0 Å². The molecule has 41 heavy (non-hydrogen) atoms. The van der Waals surface area contributed by atoms with Crippen molar-refractivity contribution in [1.29, 1.82) is 0 Å². The van der Waals surface area contributed by atoms with Crippen LogP contribution >= 0.6 is 15.9 Å². The van der Waals surface area contributed by atoms with Gasteiger partial charge in [0.1, 0.15) is 18.3 Å². The molecule has 0 bridgehead atoms. The fourth-order valence-electron chi connectivity index (χ4n) is 4.37. The fourth-order valence-corrected chi connectivity index (χ4v) is 6.05. The maximum absolute atomic E-state index is 14.1. The third-order valence-corrected chi connectivity index (χ3v) is 9.02. The van der Waals surface area contributed by atoms with Crippen LogP contribution in [0.5, 0.6) is 5.75 Å². The summed E-state index contributed by atoms with van der Waals surface area (Å²) in [4.78, 5) is 28.9. The fraction of sp³-hybridized carbons (Fsp3) is 0.355. The molecular formula is C31H38BrN3O5S. The Labute approximate surface area is 251 Å². The Morgan fingerprint density at radius 3 is 2.29 bits per heavy atom. The van der Waals surface area contributed by atoms with Crippen molar-refractivity contribution in [2.45, 2.75) is 57.5 Å². The van der Waals surface area contributed by atoms with E-state index in [1.165, 1.54) is 17.0 Å². The number of methoxy groups -OCH3 is 1. The molecule has 0 heterocycles. The van der Waals surface area contributed by atoms with Crippen LogP contribution in [0.2, 0.25) is 0 Å². The van der Waals surface area contributed by atoms with E-state index < -0.39 is 28.5 Å². The van der Waals surface area contributed by atoms with Gasteiger partial charge in [-0.25, -0.2) is 8.42 Å². The molecule has 3 rings (SSSR count). The van der Waals surface area contributed by atoms with Crippen molar-refractivity contribution in [2.75, 3.05) is 24.5 Å². The quantitative estimate of drug-likeness (QED) is 0.228. The average molecular weight is 645 g/mol. The zero-order valence-corrected chi connectivity index (χ0v) is 26.4. The molecule has 0 aliphatic heterocycles. The molecule has 8 nitrogen and oxygen atoms in total. The summed E-state index contributed by atoms with van der Waals surface area (Å²) >= 11 is 3.39. The predicted octanol–water partition coefficient (Wildman–Crippen LogP) is 5.69. The van der Waals surface area contributed by atoms with E-state index in [2.05, 4.69) is 21.2 Å². The summed E-state index contributed by atoms with van der Waals surface area (Å²) < 4.78 is 35.1. The van der Waals surface area contributed by atoms with Crippen LogP contribution in [0.1, 0.15) is 44.2 Å². The molecule has 0 saturated heterocycles. The number of ether oxygens (including phenoxy) is 1. The van der Waals surface area contributed by atoms with E-state index in [4.69, 9.17) is 4.74 Å². The average Bonchev–Trinajstić information content (AvgIpc) is 2.96. The Kier molecular flexibility index (Phi) is 11.8. The Balaban J connectivity index is 2.04. The minimum absolute atomic E-state index is 0.0718. The second kappa shape index (κ2) is 15.0. The third-order valence-electron chi connectivity index (χ3n) is 6.71. The van der Waals surface area contributed by atoms with Crippen molar-refractivity contribution in [3.8, 4) is 5.75 Å². The molecule has 220 valence electrons. The van der Waals surface area contributed by atoms with E-state index in [0.29, 0.717) is 24.4 Å². The molecule has 0 saturated carbocycles. The third kappa shape index (κ3) is 8.56. The highest BCUT2D eigenvalue weighted by Crippen LogP contribution is 2.27. The monoisotopic (exact) mass is 643 g/mol. The number of carbonyl (C=O) groups excluding carboxylic acids is 2. The molecule has 0 aromatic heterocycles. The van der Waals surface area contributed by atoms with E-state index in [1.54, 1.807) is 55.6 Å². The number of hydrogen-bond donors (Lipinski definition) is 1. The number of nitrogens with zero attached hydrogens (tertiary/aromatic N) is 2. The largest absolute Gasteiger partial charge is 0.497 e.